The second-order valence-corrected chi connectivity index (χ2v) is 4.93. The Bertz CT molecular complexity index is 435. The minimum absolute atomic E-state index is 0.00884. The summed E-state index contributed by atoms with van der Waals surface area (Å²) in [5.41, 5.74) is 0.00884. The minimum Gasteiger partial charge on any atom is -0.370 e. The monoisotopic (exact) mass is 266 g/mol. The van der Waals surface area contributed by atoms with Crippen molar-refractivity contribution in [1.82, 2.24) is 4.98 Å². The zero-order chi connectivity index (χ0) is 14.4. The van der Waals surface area contributed by atoms with Crippen LogP contribution in [0.15, 0.2) is 12.1 Å². The van der Waals surface area contributed by atoms with E-state index in [0.29, 0.717) is 17.6 Å². The first-order valence-electron chi connectivity index (χ1n) is 6.61. The van der Waals surface area contributed by atoms with Crippen molar-refractivity contribution in [2.75, 3.05) is 17.2 Å². The maximum Gasteiger partial charge on any atom is 0.311 e. The van der Waals surface area contributed by atoms with E-state index in [0.717, 1.165) is 13.0 Å². The van der Waals surface area contributed by atoms with E-state index in [1.807, 2.05) is 6.92 Å². The molecule has 2 N–H and O–H groups in total. The van der Waals surface area contributed by atoms with Gasteiger partial charge in [0.25, 0.3) is 0 Å². The number of pyridine rings is 1. The Morgan fingerprint density at radius 1 is 1.37 bits per heavy atom. The number of nitrogens with one attached hydrogen (secondary N) is 2. The standard InChI is InChI=1S/C13H22N4O2/c1-5-8-14-12-7-6-11(17(18)19)13(16-12)15-10(4)9(2)3/h6-7,9-10H,5,8H2,1-4H3,(H2,14,15,16). The number of anilines is 2. The second kappa shape index (κ2) is 6.92. The van der Waals surface area contributed by atoms with Crippen LogP contribution in [-0.2, 0) is 0 Å². The molecule has 19 heavy (non-hydrogen) atoms. The van der Waals surface area contributed by atoms with Gasteiger partial charge in [0, 0.05) is 18.7 Å². The molecule has 6 heteroatoms. The van der Waals surface area contributed by atoms with E-state index < -0.39 is 4.92 Å². The molecule has 0 aliphatic heterocycles. The number of nitrogens with zero attached hydrogens (tertiary/aromatic N) is 2. The highest BCUT2D eigenvalue weighted by Crippen LogP contribution is 2.25. The molecule has 6 nitrogen and oxygen atoms in total. The fourth-order valence-electron chi connectivity index (χ4n) is 1.44. The van der Waals surface area contributed by atoms with Gasteiger partial charge in [-0.1, -0.05) is 20.8 Å². The molecule has 1 heterocycles. The zero-order valence-corrected chi connectivity index (χ0v) is 11.9. The van der Waals surface area contributed by atoms with Crippen molar-refractivity contribution in [3.8, 4) is 0 Å². The van der Waals surface area contributed by atoms with Gasteiger partial charge in [0.05, 0.1) is 4.92 Å². The van der Waals surface area contributed by atoms with E-state index >= 15 is 0 Å². The maximum absolute atomic E-state index is 11.0. The molecule has 0 radical (unpaired) electrons. The lowest BCUT2D eigenvalue weighted by Gasteiger charge is -2.18. The average Bonchev–Trinajstić information content (AvgIpc) is 2.36. The third-order valence-electron chi connectivity index (χ3n) is 2.99. The van der Waals surface area contributed by atoms with E-state index in [-0.39, 0.29) is 11.7 Å². The molecule has 0 saturated heterocycles. The van der Waals surface area contributed by atoms with Crippen molar-refractivity contribution < 1.29 is 4.92 Å². The first-order valence-corrected chi connectivity index (χ1v) is 6.61. The Morgan fingerprint density at radius 2 is 2.05 bits per heavy atom. The molecule has 0 bridgehead atoms. The van der Waals surface area contributed by atoms with Crippen LogP contribution in [0.25, 0.3) is 0 Å². The van der Waals surface area contributed by atoms with Crippen LogP contribution in [0.1, 0.15) is 34.1 Å². The van der Waals surface area contributed by atoms with Crippen LogP contribution in [0.5, 0.6) is 0 Å². The predicted molar refractivity (Wildman–Crippen MR) is 77.6 cm³/mol. The lowest BCUT2D eigenvalue weighted by Crippen LogP contribution is -2.23. The number of aromatic nitrogens is 1. The molecule has 0 aliphatic carbocycles. The summed E-state index contributed by atoms with van der Waals surface area (Å²) in [5, 5.41) is 17.2. The van der Waals surface area contributed by atoms with Gasteiger partial charge in [0.15, 0.2) is 0 Å². The van der Waals surface area contributed by atoms with E-state index in [1.54, 1.807) is 6.07 Å². The van der Waals surface area contributed by atoms with Gasteiger partial charge in [0.2, 0.25) is 5.82 Å². The number of rotatable bonds is 7. The van der Waals surface area contributed by atoms with Gasteiger partial charge < -0.3 is 10.6 Å². The Hall–Kier alpha value is -1.85. The molecule has 1 aromatic heterocycles. The van der Waals surface area contributed by atoms with Crippen LogP contribution in [0.2, 0.25) is 0 Å². The molecule has 1 atom stereocenters. The highest BCUT2D eigenvalue weighted by atomic mass is 16.6. The van der Waals surface area contributed by atoms with Gasteiger partial charge in [-0.3, -0.25) is 10.1 Å². The molecular weight excluding hydrogens is 244 g/mol. The highest BCUT2D eigenvalue weighted by Gasteiger charge is 2.18. The SMILES string of the molecule is CCCNc1ccc([N+](=O)[O-])c(NC(C)C(C)C)n1. The summed E-state index contributed by atoms with van der Waals surface area (Å²) < 4.78 is 0. The minimum atomic E-state index is -0.411. The summed E-state index contributed by atoms with van der Waals surface area (Å²) in [7, 11) is 0. The van der Waals surface area contributed by atoms with Crippen LogP contribution in [0.3, 0.4) is 0 Å². The normalized spacial score (nSPS) is 12.3. The first kappa shape index (κ1) is 15.2. The third-order valence-corrected chi connectivity index (χ3v) is 2.99. The largest absolute Gasteiger partial charge is 0.370 e. The topological polar surface area (TPSA) is 80.1 Å². The van der Waals surface area contributed by atoms with Crippen molar-refractivity contribution >= 4 is 17.3 Å². The molecule has 0 amide bonds. The molecule has 1 rings (SSSR count). The van der Waals surface area contributed by atoms with Crippen LogP contribution in [0.4, 0.5) is 17.3 Å². The van der Waals surface area contributed by atoms with Crippen molar-refractivity contribution in [2.45, 2.75) is 40.2 Å². The van der Waals surface area contributed by atoms with Gasteiger partial charge in [-0.25, -0.2) is 4.98 Å². The van der Waals surface area contributed by atoms with Crippen molar-refractivity contribution in [2.24, 2.45) is 5.92 Å². The predicted octanol–water partition coefficient (Wildman–Crippen LogP) is 3.27. The molecular formula is C13H22N4O2. The Morgan fingerprint density at radius 3 is 2.58 bits per heavy atom. The average molecular weight is 266 g/mol. The quantitative estimate of drug-likeness (QED) is 0.585. The van der Waals surface area contributed by atoms with Crippen LogP contribution in [0, 0.1) is 16.0 Å². The molecule has 0 saturated carbocycles. The zero-order valence-electron chi connectivity index (χ0n) is 11.9. The fourth-order valence-corrected chi connectivity index (χ4v) is 1.44. The Balaban J connectivity index is 2.98. The van der Waals surface area contributed by atoms with Gasteiger partial charge >= 0.3 is 5.69 Å². The molecule has 0 aromatic carbocycles. The molecule has 1 aromatic rings. The molecule has 0 spiro atoms. The van der Waals surface area contributed by atoms with E-state index in [4.69, 9.17) is 0 Å². The number of hydrogen-bond donors (Lipinski definition) is 2. The molecule has 106 valence electrons. The first-order chi connectivity index (χ1) is 8.95. The Labute approximate surface area is 113 Å². The van der Waals surface area contributed by atoms with E-state index in [1.165, 1.54) is 6.07 Å². The third kappa shape index (κ3) is 4.39. The van der Waals surface area contributed by atoms with Gasteiger partial charge in [0.1, 0.15) is 5.82 Å². The van der Waals surface area contributed by atoms with Crippen molar-refractivity contribution in [1.29, 1.82) is 0 Å². The summed E-state index contributed by atoms with van der Waals surface area (Å²) in [6.45, 7) is 8.95. The van der Waals surface area contributed by atoms with E-state index in [2.05, 4.69) is 36.4 Å². The lowest BCUT2D eigenvalue weighted by atomic mass is 10.1. The fraction of sp³-hybridized carbons (Fsp3) is 0.615. The molecule has 0 fully saturated rings. The summed E-state index contributed by atoms with van der Waals surface area (Å²) in [6.07, 6.45) is 0.976. The summed E-state index contributed by atoms with van der Waals surface area (Å²) >= 11 is 0. The summed E-state index contributed by atoms with van der Waals surface area (Å²) in [4.78, 5) is 14.9. The van der Waals surface area contributed by atoms with Crippen molar-refractivity contribution in [3.63, 3.8) is 0 Å². The molecule has 0 aliphatic rings. The van der Waals surface area contributed by atoms with Gasteiger partial charge in [-0.15, -0.1) is 0 Å². The van der Waals surface area contributed by atoms with Gasteiger partial charge in [-0.05, 0) is 25.3 Å². The lowest BCUT2D eigenvalue weighted by molar-refractivity contribution is -0.384. The summed E-state index contributed by atoms with van der Waals surface area (Å²) in [5.74, 6) is 1.35. The maximum atomic E-state index is 11.0. The smallest absolute Gasteiger partial charge is 0.311 e. The van der Waals surface area contributed by atoms with Crippen LogP contribution in [-0.4, -0.2) is 22.5 Å². The Kier molecular flexibility index (Phi) is 5.54. The number of nitro groups is 1. The van der Waals surface area contributed by atoms with Crippen LogP contribution < -0.4 is 10.6 Å². The van der Waals surface area contributed by atoms with Crippen LogP contribution >= 0.6 is 0 Å². The van der Waals surface area contributed by atoms with Crippen molar-refractivity contribution in [3.05, 3.63) is 22.2 Å². The molecule has 1 unspecified atom stereocenters. The summed E-state index contributed by atoms with van der Waals surface area (Å²) in [6, 6.07) is 3.24. The van der Waals surface area contributed by atoms with Gasteiger partial charge in [-0.2, -0.15) is 0 Å². The highest BCUT2D eigenvalue weighted by molar-refractivity contribution is 5.60. The van der Waals surface area contributed by atoms with E-state index in [9.17, 15) is 10.1 Å². The number of hydrogen-bond acceptors (Lipinski definition) is 5. The second-order valence-electron chi connectivity index (χ2n) is 4.93.